The number of carbonyl (C=O) groups is 1. The zero-order valence-corrected chi connectivity index (χ0v) is 18.0. The number of hydrogen-bond acceptors (Lipinski definition) is 6. The lowest BCUT2D eigenvalue weighted by Crippen LogP contribution is -2.17. The third kappa shape index (κ3) is 4.62. The first-order valence-electron chi connectivity index (χ1n) is 9.19. The number of rotatable bonds is 7. The molecule has 0 aliphatic heterocycles. The maximum absolute atomic E-state index is 13.0. The predicted molar refractivity (Wildman–Crippen MR) is 113 cm³/mol. The Balaban J connectivity index is 1.83. The van der Waals surface area contributed by atoms with Crippen LogP contribution in [0.5, 0.6) is 5.75 Å². The summed E-state index contributed by atoms with van der Waals surface area (Å²) in [6.07, 6.45) is 0.0800. The van der Waals surface area contributed by atoms with Gasteiger partial charge in [0.2, 0.25) is 5.91 Å². The Bertz CT molecular complexity index is 1170. The highest BCUT2D eigenvalue weighted by Crippen LogP contribution is 2.28. The highest BCUT2D eigenvalue weighted by Gasteiger charge is 2.20. The zero-order chi connectivity index (χ0) is 21.9. The van der Waals surface area contributed by atoms with Crippen molar-refractivity contribution in [2.24, 2.45) is 0 Å². The smallest absolute Gasteiger partial charge is 0.262 e. The molecule has 8 nitrogen and oxygen atoms in total. The molecule has 0 atom stereocenters. The van der Waals surface area contributed by atoms with Crippen LogP contribution in [0.1, 0.15) is 22.6 Å². The maximum Gasteiger partial charge on any atom is 0.262 e. The molecule has 1 heterocycles. The second-order valence-electron chi connectivity index (χ2n) is 6.81. The van der Waals surface area contributed by atoms with E-state index in [0.717, 1.165) is 0 Å². The van der Waals surface area contributed by atoms with E-state index in [9.17, 15) is 13.2 Å². The van der Waals surface area contributed by atoms with Crippen molar-refractivity contribution in [3.8, 4) is 5.75 Å². The van der Waals surface area contributed by atoms with Gasteiger partial charge in [0.05, 0.1) is 29.8 Å². The van der Waals surface area contributed by atoms with Gasteiger partial charge >= 0.3 is 0 Å². The van der Waals surface area contributed by atoms with E-state index in [1.807, 2.05) is 0 Å². The number of nitrogens with zero attached hydrogens (tertiary/aromatic N) is 1. The van der Waals surface area contributed by atoms with Gasteiger partial charge < -0.3 is 14.6 Å². The number of methoxy groups -OCH3 is 1. The molecule has 0 saturated carbocycles. The molecule has 1 amide bonds. The average Bonchev–Trinajstić information content (AvgIpc) is 3.01. The summed E-state index contributed by atoms with van der Waals surface area (Å²) in [5.41, 5.74) is 2.60. The first kappa shape index (κ1) is 21.4. The van der Waals surface area contributed by atoms with Crippen LogP contribution in [-0.4, -0.2) is 26.6 Å². The summed E-state index contributed by atoms with van der Waals surface area (Å²) in [7, 11) is -2.44. The number of carbonyl (C=O) groups excluding carboxylic acids is 1. The van der Waals surface area contributed by atoms with E-state index in [1.165, 1.54) is 13.2 Å². The van der Waals surface area contributed by atoms with E-state index in [-0.39, 0.29) is 17.2 Å². The van der Waals surface area contributed by atoms with E-state index < -0.39 is 10.0 Å². The number of sulfonamides is 1. The molecule has 0 saturated heterocycles. The van der Waals surface area contributed by atoms with Crippen molar-refractivity contribution in [1.29, 1.82) is 0 Å². The summed E-state index contributed by atoms with van der Waals surface area (Å²) >= 11 is 0. The number of nitrogens with one attached hydrogen (secondary N) is 2. The molecule has 158 valence electrons. The van der Waals surface area contributed by atoms with Crippen LogP contribution in [0.4, 0.5) is 11.4 Å². The van der Waals surface area contributed by atoms with Gasteiger partial charge in [-0.25, -0.2) is 8.42 Å². The fraction of sp³-hybridized carbons (Fsp3) is 0.238. The Morgan fingerprint density at radius 3 is 2.53 bits per heavy atom. The summed E-state index contributed by atoms with van der Waals surface area (Å²) in [6, 6.07) is 11.5. The lowest BCUT2D eigenvalue weighted by Gasteiger charge is -2.14. The SMILES string of the molecule is COc1ccccc1NS(=O)(=O)c1cc(NC(=O)Cc2c(C)noc2C)ccc1C. The molecule has 3 rings (SSSR count). The summed E-state index contributed by atoms with van der Waals surface area (Å²) < 4.78 is 38.8. The van der Waals surface area contributed by atoms with Crippen LogP contribution in [-0.2, 0) is 21.2 Å². The Hall–Kier alpha value is -3.33. The first-order chi connectivity index (χ1) is 14.2. The summed E-state index contributed by atoms with van der Waals surface area (Å²) in [5.74, 6) is 0.688. The molecule has 0 bridgehead atoms. The quantitative estimate of drug-likeness (QED) is 0.594. The van der Waals surface area contributed by atoms with Gasteiger partial charge in [-0.1, -0.05) is 23.4 Å². The minimum atomic E-state index is -3.90. The molecule has 0 radical (unpaired) electrons. The molecule has 9 heteroatoms. The monoisotopic (exact) mass is 429 g/mol. The first-order valence-corrected chi connectivity index (χ1v) is 10.7. The Morgan fingerprint density at radius 1 is 1.13 bits per heavy atom. The topological polar surface area (TPSA) is 111 Å². The van der Waals surface area contributed by atoms with Crippen LogP contribution in [0.15, 0.2) is 51.9 Å². The van der Waals surface area contributed by atoms with E-state index in [2.05, 4.69) is 15.2 Å². The van der Waals surface area contributed by atoms with Crippen molar-refractivity contribution in [3.05, 3.63) is 65.0 Å². The molecule has 0 fully saturated rings. The molecule has 2 N–H and O–H groups in total. The van der Waals surface area contributed by atoms with Crippen molar-refractivity contribution < 1.29 is 22.5 Å². The van der Waals surface area contributed by atoms with Crippen molar-refractivity contribution in [2.45, 2.75) is 32.1 Å². The van der Waals surface area contributed by atoms with Crippen LogP contribution in [0.25, 0.3) is 0 Å². The summed E-state index contributed by atoms with van der Waals surface area (Å²) in [5, 5.41) is 6.57. The third-order valence-electron chi connectivity index (χ3n) is 4.63. The van der Waals surface area contributed by atoms with E-state index >= 15 is 0 Å². The number of ether oxygens (including phenoxy) is 1. The number of amides is 1. The van der Waals surface area contributed by atoms with Crippen LogP contribution >= 0.6 is 0 Å². The highest BCUT2D eigenvalue weighted by molar-refractivity contribution is 7.92. The van der Waals surface area contributed by atoms with Gasteiger partial charge in [0.1, 0.15) is 11.5 Å². The van der Waals surface area contributed by atoms with Crippen molar-refractivity contribution in [3.63, 3.8) is 0 Å². The van der Waals surface area contributed by atoms with Gasteiger partial charge in [-0.15, -0.1) is 0 Å². The molecule has 0 aliphatic carbocycles. The molecular weight excluding hydrogens is 406 g/mol. The minimum Gasteiger partial charge on any atom is -0.495 e. The molecule has 1 aromatic heterocycles. The van der Waals surface area contributed by atoms with Crippen LogP contribution in [0, 0.1) is 20.8 Å². The zero-order valence-electron chi connectivity index (χ0n) is 17.1. The Kier molecular flexibility index (Phi) is 6.12. The number of aryl methyl sites for hydroxylation is 3. The number of para-hydroxylation sites is 2. The van der Waals surface area contributed by atoms with Crippen molar-refractivity contribution in [2.75, 3.05) is 17.1 Å². The van der Waals surface area contributed by atoms with Crippen LogP contribution in [0.3, 0.4) is 0 Å². The van der Waals surface area contributed by atoms with Gasteiger partial charge in [-0.05, 0) is 50.6 Å². The second-order valence-corrected chi connectivity index (χ2v) is 8.46. The van der Waals surface area contributed by atoms with Gasteiger partial charge in [0.25, 0.3) is 10.0 Å². The van der Waals surface area contributed by atoms with Gasteiger partial charge in [0.15, 0.2) is 0 Å². The summed E-state index contributed by atoms with van der Waals surface area (Å²) in [6.45, 7) is 5.19. The number of anilines is 2. The number of benzene rings is 2. The molecule has 0 aliphatic rings. The molecule has 0 spiro atoms. The molecular formula is C21H23N3O5S. The molecule has 3 aromatic rings. The van der Waals surface area contributed by atoms with Gasteiger partial charge in [-0.2, -0.15) is 0 Å². The van der Waals surface area contributed by atoms with Gasteiger partial charge in [0, 0.05) is 11.3 Å². The standard InChI is InChI=1S/C21H23N3O5S/c1-13-9-10-16(22-21(25)12-17-14(2)23-29-15(17)3)11-20(13)30(26,27)24-18-7-5-6-8-19(18)28-4/h5-11,24H,12H2,1-4H3,(H,22,25). The largest absolute Gasteiger partial charge is 0.495 e. The minimum absolute atomic E-state index is 0.0588. The predicted octanol–water partition coefficient (Wildman–Crippen LogP) is 3.59. The van der Waals surface area contributed by atoms with Crippen molar-refractivity contribution in [1.82, 2.24) is 5.16 Å². The molecule has 0 unspecified atom stereocenters. The van der Waals surface area contributed by atoms with E-state index in [4.69, 9.17) is 9.26 Å². The number of hydrogen-bond donors (Lipinski definition) is 2. The Labute approximate surface area is 175 Å². The van der Waals surface area contributed by atoms with E-state index in [1.54, 1.807) is 57.2 Å². The highest BCUT2D eigenvalue weighted by atomic mass is 32.2. The fourth-order valence-corrected chi connectivity index (χ4v) is 4.36. The van der Waals surface area contributed by atoms with E-state index in [0.29, 0.717) is 39.7 Å². The lowest BCUT2D eigenvalue weighted by atomic mass is 10.1. The fourth-order valence-electron chi connectivity index (χ4n) is 3.02. The van der Waals surface area contributed by atoms with Crippen LogP contribution in [0.2, 0.25) is 0 Å². The Morgan fingerprint density at radius 2 is 1.87 bits per heavy atom. The molecule has 30 heavy (non-hydrogen) atoms. The van der Waals surface area contributed by atoms with Gasteiger partial charge in [-0.3, -0.25) is 9.52 Å². The molecule has 2 aromatic carbocycles. The average molecular weight is 429 g/mol. The van der Waals surface area contributed by atoms with Crippen LogP contribution < -0.4 is 14.8 Å². The maximum atomic E-state index is 13.0. The normalized spacial score (nSPS) is 11.2. The lowest BCUT2D eigenvalue weighted by molar-refractivity contribution is -0.115. The summed E-state index contributed by atoms with van der Waals surface area (Å²) in [4.78, 5) is 12.5. The number of aromatic nitrogens is 1. The third-order valence-corrected chi connectivity index (χ3v) is 6.14. The second kappa shape index (κ2) is 8.58. The van der Waals surface area contributed by atoms with Crippen molar-refractivity contribution >= 4 is 27.3 Å².